The third kappa shape index (κ3) is 4.07. The van der Waals surface area contributed by atoms with Crippen LogP contribution in [0.4, 0.5) is 0 Å². The van der Waals surface area contributed by atoms with Gasteiger partial charge >= 0.3 is 11.9 Å². The molecule has 2 aromatic rings. The Balaban J connectivity index is 2.04. The average molecular weight is 319 g/mol. The average Bonchev–Trinajstić information content (AvgIpc) is 2.89. The number of benzene rings is 1. The fraction of sp³-hybridized carbons (Fsp3) is 0.267. The van der Waals surface area contributed by atoms with Crippen LogP contribution in [0.2, 0.25) is 0 Å². The third-order valence-corrected chi connectivity index (χ3v) is 3.44. The van der Waals surface area contributed by atoms with Gasteiger partial charge in [-0.1, -0.05) is 18.2 Å². The van der Waals surface area contributed by atoms with Gasteiger partial charge in [0.15, 0.2) is 0 Å². The van der Waals surface area contributed by atoms with Crippen molar-refractivity contribution in [1.29, 1.82) is 0 Å². The number of carboxylic acids is 2. The fourth-order valence-corrected chi connectivity index (χ4v) is 2.28. The van der Waals surface area contributed by atoms with Crippen LogP contribution in [0.1, 0.15) is 12.0 Å². The van der Waals surface area contributed by atoms with Crippen molar-refractivity contribution in [2.45, 2.75) is 24.9 Å². The molecule has 0 aliphatic carbocycles. The van der Waals surface area contributed by atoms with E-state index in [4.69, 9.17) is 15.9 Å². The number of aromatic amines is 1. The highest BCUT2D eigenvalue weighted by molar-refractivity contribution is 5.90. The van der Waals surface area contributed by atoms with Gasteiger partial charge in [0.1, 0.15) is 6.04 Å². The minimum atomic E-state index is -1.51. The van der Waals surface area contributed by atoms with Crippen LogP contribution in [0.25, 0.3) is 10.9 Å². The number of nitrogens with one attached hydrogen (secondary N) is 2. The summed E-state index contributed by atoms with van der Waals surface area (Å²) in [5.41, 5.74) is 7.55. The first-order valence-electron chi connectivity index (χ1n) is 6.94. The lowest BCUT2D eigenvalue weighted by atomic mass is 10.0. The summed E-state index contributed by atoms with van der Waals surface area (Å²) in [6.07, 6.45) is 1.24. The van der Waals surface area contributed by atoms with Crippen molar-refractivity contribution in [3.8, 4) is 0 Å². The van der Waals surface area contributed by atoms with Crippen LogP contribution < -0.4 is 11.1 Å². The SMILES string of the molecule is N[C@H](Cc1c[nH]c2ccccc12)C(=O)N[C@H](CC(=O)O)C(=O)O. The summed E-state index contributed by atoms with van der Waals surface area (Å²) < 4.78 is 0. The summed E-state index contributed by atoms with van der Waals surface area (Å²) in [4.78, 5) is 36.6. The smallest absolute Gasteiger partial charge is 0.326 e. The topological polar surface area (TPSA) is 146 Å². The van der Waals surface area contributed by atoms with E-state index >= 15 is 0 Å². The molecule has 0 unspecified atom stereocenters. The lowest BCUT2D eigenvalue weighted by Crippen LogP contribution is -2.49. The van der Waals surface area contributed by atoms with E-state index in [0.717, 1.165) is 16.5 Å². The summed E-state index contributed by atoms with van der Waals surface area (Å²) in [5, 5.41) is 20.7. The molecule has 0 spiro atoms. The Hall–Kier alpha value is -2.87. The van der Waals surface area contributed by atoms with Gasteiger partial charge in [-0.25, -0.2) is 4.79 Å². The summed E-state index contributed by atoms with van der Waals surface area (Å²) in [5.74, 6) is -3.44. The van der Waals surface area contributed by atoms with E-state index in [1.807, 2.05) is 24.3 Å². The Morgan fingerprint density at radius 3 is 2.57 bits per heavy atom. The van der Waals surface area contributed by atoms with E-state index < -0.39 is 36.4 Å². The van der Waals surface area contributed by atoms with Crippen LogP contribution in [0, 0.1) is 0 Å². The standard InChI is InChI=1S/C15H17N3O5/c16-10(14(21)18-12(15(22)23)6-13(19)20)5-8-7-17-11-4-2-1-3-9(8)11/h1-4,7,10,12,17H,5-6,16H2,(H,18,21)(H,19,20)(H,22,23)/t10-,12-/m1/s1. The van der Waals surface area contributed by atoms with Crippen molar-refractivity contribution in [2.24, 2.45) is 5.73 Å². The number of carbonyl (C=O) groups excluding carboxylic acids is 1. The Kier molecular flexibility index (Phi) is 4.97. The number of amides is 1. The van der Waals surface area contributed by atoms with E-state index in [-0.39, 0.29) is 6.42 Å². The number of fused-ring (bicyclic) bond motifs is 1. The molecule has 0 radical (unpaired) electrons. The van der Waals surface area contributed by atoms with E-state index in [1.54, 1.807) is 6.20 Å². The molecule has 1 aromatic heterocycles. The number of nitrogens with two attached hydrogens (primary N) is 1. The van der Waals surface area contributed by atoms with Crippen LogP contribution in [-0.4, -0.2) is 45.1 Å². The van der Waals surface area contributed by atoms with E-state index in [1.165, 1.54) is 0 Å². The summed E-state index contributed by atoms with van der Waals surface area (Å²) >= 11 is 0. The van der Waals surface area contributed by atoms with Crippen LogP contribution in [0.3, 0.4) is 0 Å². The molecule has 8 heteroatoms. The largest absolute Gasteiger partial charge is 0.481 e. The molecule has 0 aliphatic heterocycles. The molecule has 8 nitrogen and oxygen atoms in total. The molecule has 122 valence electrons. The number of hydrogen-bond donors (Lipinski definition) is 5. The molecule has 1 heterocycles. The number of carboxylic acid groups (broad SMARTS) is 2. The normalized spacial score (nSPS) is 13.4. The first kappa shape index (κ1) is 16.5. The molecule has 0 aliphatic rings. The molecule has 2 rings (SSSR count). The predicted octanol–water partition coefficient (Wildman–Crippen LogP) is 0.0818. The van der Waals surface area contributed by atoms with Gasteiger partial charge in [0.2, 0.25) is 5.91 Å². The van der Waals surface area contributed by atoms with Gasteiger partial charge in [0.25, 0.3) is 0 Å². The quantitative estimate of drug-likeness (QED) is 0.488. The van der Waals surface area contributed by atoms with E-state index in [2.05, 4.69) is 10.3 Å². The van der Waals surface area contributed by atoms with Gasteiger partial charge < -0.3 is 26.2 Å². The highest BCUT2D eigenvalue weighted by atomic mass is 16.4. The first-order valence-corrected chi connectivity index (χ1v) is 6.94. The molecular formula is C15H17N3O5. The van der Waals surface area contributed by atoms with Crippen LogP contribution in [-0.2, 0) is 20.8 Å². The molecule has 2 atom stereocenters. The molecule has 0 saturated heterocycles. The Labute approximate surface area is 131 Å². The number of aromatic nitrogens is 1. The lowest BCUT2D eigenvalue weighted by Gasteiger charge is -2.16. The molecule has 1 aromatic carbocycles. The molecule has 6 N–H and O–H groups in total. The van der Waals surface area contributed by atoms with Gasteiger partial charge in [-0.2, -0.15) is 0 Å². The maximum atomic E-state index is 12.0. The van der Waals surface area contributed by atoms with Crippen molar-refractivity contribution in [3.63, 3.8) is 0 Å². The van der Waals surface area contributed by atoms with Gasteiger partial charge in [-0.05, 0) is 18.1 Å². The van der Waals surface area contributed by atoms with Crippen molar-refractivity contribution in [2.75, 3.05) is 0 Å². The number of rotatable bonds is 7. The fourth-order valence-electron chi connectivity index (χ4n) is 2.28. The zero-order valence-corrected chi connectivity index (χ0v) is 12.2. The number of aliphatic carboxylic acids is 2. The predicted molar refractivity (Wildman–Crippen MR) is 81.8 cm³/mol. The van der Waals surface area contributed by atoms with E-state index in [0.29, 0.717) is 0 Å². The molecule has 23 heavy (non-hydrogen) atoms. The minimum Gasteiger partial charge on any atom is -0.481 e. The second kappa shape index (κ2) is 6.93. The van der Waals surface area contributed by atoms with Gasteiger partial charge in [0, 0.05) is 17.1 Å². The molecule has 1 amide bonds. The summed E-state index contributed by atoms with van der Waals surface area (Å²) in [7, 11) is 0. The Morgan fingerprint density at radius 1 is 1.22 bits per heavy atom. The maximum Gasteiger partial charge on any atom is 0.326 e. The zero-order chi connectivity index (χ0) is 17.0. The number of hydrogen-bond acceptors (Lipinski definition) is 4. The zero-order valence-electron chi connectivity index (χ0n) is 12.2. The van der Waals surface area contributed by atoms with Crippen LogP contribution >= 0.6 is 0 Å². The summed E-state index contributed by atoms with van der Waals surface area (Å²) in [6.45, 7) is 0. The van der Waals surface area contributed by atoms with Crippen LogP contribution in [0.15, 0.2) is 30.5 Å². The highest BCUT2D eigenvalue weighted by Crippen LogP contribution is 2.18. The monoisotopic (exact) mass is 319 g/mol. The van der Waals surface area contributed by atoms with Gasteiger partial charge in [-0.15, -0.1) is 0 Å². The molecule has 0 bridgehead atoms. The van der Waals surface area contributed by atoms with E-state index in [9.17, 15) is 14.4 Å². The van der Waals surface area contributed by atoms with Gasteiger partial charge in [0.05, 0.1) is 12.5 Å². The minimum absolute atomic E-state index is 0.204. The first-order chi connectivity index (χ1) is 10.9. The van der Waals surface area contributed by atoms with Crippen molar-refractivity contribution in [1.82, 2.24) is 10.3 Å². The summed E-state index contributed by atoms with van der Waals surface area (Å²) in [6, 6.07) is 5.02. The number of para-hydroxylation sites is 1. The van der Waals surface area contributed by atoms with Crippen molar-refractivity contribution in [3.05, 3.63) is 36.0 Å². The highest BCUT2D eigenvalue weighted by Gasteiger charge is 2.26. The second-order valence-electron chi connectivity index (χ2n) is 5.17. The third-order valence-electron chi connectivity index (χ3n) is 3.44. The number of H-pyrrole nitrogens is 1. The maximum absolute atomic E-state index is 12.0. The van der Waals surface area contributed by atoms with Crippen LogP contribution in [0.5, 0.6) is 0 Å². The van der Waals surface area contributed by atoms with Crippen molar-refractivity contribution >= 4 is 28.7 Å². The van der Waals surface area contributed by atoms with Gasteiger partial charge in [-0.3, -0.25) is 9.59 Å². The molecular weight excluding hydrogens is 302 g/mol. The number of carbonyl (C=O) groups is 3. The van der Waals surface area contributed by atoms with Crippen molar-refractivity contribution < 1.29 is 24.6 Å². The molecule has 0 saturated carbocycles. The second-order valence-corrected chi connectivity index (χ2v) is 5.17. The lowest BCUT2D eigenvalue weighted by molar-refractivity contribution is -0.147. The molecule has 0 fully saturated rings. The Bertz CT molecular complexity index is 740. The Morgan fingerprint density at radius 2 is 1.91 bits per heavy atom.